The van der Waals surface area contributed by atoms with Gasteiger partial charge in [0.25, 0.3) is 11.5 Å². The number of fused-ring (bicyclic) bond motifs is 3. The van der Waals surface area contributed by atoms with Crippen LogP contribution in [0.2, 0.25) is 0 Å². The highest BCUT2D eigenvalue weighted by Gasteiger charge is 2.27. The van der Waals surface area contributed by atoms with Crippen LogP contribution in [0, 0.1) is 12.8 Å². The Labute approximate surface area is 168 Å². The maximum atomic E-state index is 12.8. The van der Waals surface area contributed by atoms with E-state index in [1.54, 1.807) is 6.07 Å². The van der Waals surface area contributed by atoms with Gasteiger partial charge in [0.15, 0.2) is 0 Å². The molecule has 7 heteroatoms. The van der Waals surface area contributed by atoms with Gasteiger partial charge in [0.05, 0.1) is 11.1 Å². The van der Waals surface area contributed by atoms with Crippen molar-refractivity contribution >= 4 is 49.1 Å². The number of thiophene rings is 1. The zero-order chi connectivity index (χ0) is 19.3. The number of amides is 1. The van der Waals surface area contributed by atoms with E-state index in [2.05, 4.69) is 33.2 Å². The lowest BCUT2D eigenvalue weighted by Gasteiger charge is -2.18. The number of aryl methyl sites for hydroxylation is 2. The second kappa shape index (κ2) is 6.80. The van der Waals surface area contributed by atoms with Gasteiger partial charge in [-0.25, -0.2) is 0 Å². The van der Waals surface area contributed by atoms with Crippen molar-refractivity contribution in [3.05, 3.63) is 54.6 Å². The molecule has 1 aliphatic carbocycles. The molecule has 140 valence electrons. The fraction of sp³-hybridized carbons (Fsp3) is 0.300. The molecule has 1 aromatic carbocycles. The molecule has 2 heterocycles. The molecule has 1 amide bonds. The molecule has 0 spiro atoms. The summed E-state index contributed by atoms with van der Waals surface area (Å²) >= 11 is 4.92. The predicted molar refractivity (Wildman–Crippen MR) is 112 cm³/mol. The Morgan fingerprint density at radius 2 is 2.19 bits per heavy atom. The van der Waals surface area contributed by atoms with E-state index in [9.17, 15) is 14.7 Å². The summed E-state index contributed by atoms with van der Waals surface area (Å²) in [6.45, 7) is 4.15. The lowest BCUT2D eigenvalue weighted by atomic mass is 9.89. The Morgan fingerprint density at radius 3 is 2.93 bits per heavy atom. The van der Waals surface area contributed by atoms with E-state index in [1.807, 2.05) is 19.1 Å². The lowest BCUT2D eigenvalue weighted by molar-refractivity contribution is 0.102. The summed E-state index contributed by atoms with van der Waals surface area (Å²) in [6.07, 6.45) is 2.82. The Balaban J connectivity index is 1.79. The lowest BCUT2D eigenvalue weighted by Crippen LogP contribution is -2.23. The zero-order valence-electron chi connectivity index (χ0n) is 15.0. The first-order chi connectivity index (χ1) is 12.8. The summed E-state index contributed by atoms with van der Waals surface area (Å²) in [5.74, 6) is -0.257. The molecular weight excluding hydrogens is 428 g/mol. The molecule has 0 saturated heterocycles. The maximum absolute atomic E-state index is 12.8. The smallest absolute Gasteiger partial charge is 0.265 e. The SMILES string of the molecule is Cc1ccc(NC(=O)c2c(O)c3c4c(sc3[nH]c2=O)CC(C)CC4)c(Br)c1. The van der Waals surface area contributed by atoms with Gasteiger partial charge in [-0.05, 0) is 71.3 Å². The van der Waals surface area contributed by atoms with Crippen molar-refractivity contribution in [2.75, 3.05) is 5.32 Å². The molecule has 1 unspecified atom stereocenters. The Morgan fingerprint density at radius 1 is 1.41 bits per heavy atom. The molecule has 27 heavy (non-hydrogen) atoms. The van der Waals surface area contributed by atoms with Crippen LogP contribution in [0.25, 0.3) is 10.2 Å². The fourth-order valence-electron chi connectivity index (χ4n) is 3.60. The van der Waals surface area contributed by atoms with Gasteiger partial charge in [0, 0.05) is 9.35 Å². The summed E-state index contributed by atoms with van der Waals surface area (Å²) in [7, 11) is 0. The van der Waals surface area contributed by atoms with Crippen LogP contribution in [0.5, 0.6) is 5.75 Å². The van der Waals surface area contributed by atoms with E-state index in [1.165, 1.54) is 16.2 Å². The Hall–Kier alpha value is -2.12. The second-order valence-electron chi connectivity index (χ2n) is 7.17. The average Bonchev–Trinajstić information content (AvgIpc) is 2.94. The minimum absolute atomic E-state index is 0.221. The van der Waals surface area contributed by atoms with Crippen LogP contribution >= 0.6 is 27.3 Å². The van der Waals surface area contributed by atoms with E-state index in [-0.39, 0.29) is 11.3 Å². The highest BCUT2D eigenvalue weighted by atomic mass is 79.9. The standard InChI is InChI=1S/C20H19BrN2O3S/c1-9-4-6-13(12(21)7-9)22-18(25)16-17(24)15-11-5-3-10(2)8-14(11)27-20(15)23-19(16)26/h4,6-7,10H,3,5,8H2,1-2H3,(H,22,25)(H2,23,24,26). The number of carbonyl (C=O) groups excluding carboxylic acids is 1. The molecule has 1 atom stereocenters. The highest BCUT2D eigenvalue weighted by molar-refractivity contribution is 9.10. The summed E-state index contributed by atoms with van der Waals surface area (Å²) < 4.78 is 0.717. The van der Waals surface area contributed by atoms with Gasteiger partial charge in [-0.1, -0.05) is 13.0 Å². The number of rotatable bonds is 2. The molecule has 0 aliphatic heterocycles. The van der Waals surface area contributed by atoms with Gasteiger partial charge < -0.3 is 15.4 Å². The largest absolute Gasteiger partial charge is 0.506 e. The zero-order valence-corrected chi connectivity index (χ0v) is 17.4. The van der Waals surface area contributed by atoms with Crippen LogP contribution in [0.4, 0.5) is 5.69 Å². The number of aromatic amines is 1. The first-order valence-electron chi connectivity index (χ1n) is 8.82. The number of aromatic nitrogens is 1. The number of halogens is 1. The quantitative estimate of drug-likeness (QED) is 0.531. The van der Waals surface area contributed by atoms with E-state index in [0.29, 0.717) is 21.8 Å². The number of H-pyrrole nitrogens is 1. The molecule has 5 nitrogen and oxygen atoms in total. The van der Waals surface area contributed by atoms with Gasteiger partial charge in [-0.3, -0.25) is 9.59 Å². The third kappa shape index (κ3) is 3.19. The van der Waals surface area contributed by atoms with E-state index in [0.717, 1.165) is 34.9 Å². The van der Waals surface area contributed by atoms with Gasteiger partial charge >= 0.3 is 0 Å². The first kappa shape index (κ1) is 18.3. The molecule has 0 bridgehead atoms. The molecule has 3 N–H and O–H groups in total. The van der Waals surface area contributed by atoms with Crippen LogP contribution < -0.4 is 10.9 Å². The van der Waals surface area contributed by atoms with Crippen molar-refractivity contribution in [2.45, 2.75) is 33.1 Å². The van der Waals surface area contributed by atoms with Gasteiger partial charge in [-0.15, -0.1) is 11.3 Å². The average molecular weight is 447 g/mol. The predicted octanol–water partition coefficient (Wildman–Crippen LogP) is 4.74. The van der Waals surface area contributed by atoms with Crippen LogP contribution in [0.3, 0.4) is 0 Å². The highest BCUT2D eigenvalue weighted by Crippen LogP contribution is 2.41. The molecule has 3 aromatic rings. The van der Waals surface area contributed by atoms with E-state index < -0.39 is 11.5 Å². The van der Waals surface area contributed by atoms with Crippen molar-refractivity contribution in [3.63, 3.8) is 0 Å². The second-order valence-corrected chi connectivity index (χ2v) is 9.13. The van der Waals surface area contributed by atoms with Crippen molar-refractivity contribution < 1.29 is 9.90 Å². The molecule has 0 radical (unpaired) electrons. The summed E-state index contributed by atoms with van der Waals surface area (Å²) in [6, 6.07) is 5.50. The molecule has 0 saturated carbocycles. The minimum Gasteiger partial charge on any atom is -0.506 e. The summed E-state index contributed by atoms with van der Waals surface area (Å²) in [5, 5.41) is 14.2. The number of carbonyl (C=O) groups is 1. The van der Waals surface area contributed by atoms with Crippen LogP contribution in [-0.2, 0) is 12.8 Å². The molecule has 0 fully saturated rings. The number of hydrogen-bond acceptors (Lipinski definition) is 4. The molecule has 4 rings (SSSR count). The maximum Gasteiger partial charge on any atom is 0.265 e. The van der Waals surface area contributed by atoms with Crippen LogP contribution in [0.15, 0.2) is 27.5 Å². The summed E-state index contributed by atoms with van der Waals surface area (Å²) in [5.41, 5.74) is 1.83. The summed E-state index contributed by atoms with van der Waals surface area (Å²) in [4.78, 5) is 29.9. The molecular formula is C20H19BrN2O3S. The van der Waals surface area contributed by atoms with Crippen LogP contribution in [-0.4, -0.2) is 16.0 Å². The number of pyridine rings is 1. The number of nitrogens with one attached hydrogen (secondary N) is 2. The van der Waals surface area contributed by atoms with Crippen molar-refractivity contribution in [2.24, 2.45) is 5.92 Å². The number of hydrogen-bond donors (Lipinski definition) is 3. The van der Waals surface area contributed by atoms with Crippen molar-refractivity contribution in [1.82, 2.24) is 4.98 Å². The number of benzene rings is 1. The van der Waals surface area contributed by atoms with Gasteiger partial charge in [-0.2, -0.15) is 0 Å². The van der Waals surface area contributed by atoms with Gasteiger partial charge in [0.2, 0.25) is 0 Å². The van der Waals surface area contributed by atoms with Crippen LogP contribution in [0.1, 0.15) is 39.7 Å². The monoisotopic (exact) mass is 446 g/mol. The Kier molecular flexibility index (Phi) is 4.60. The normalized spacial score (nSPS) is 16.3. The Bertz CT molecular complexity index is 1130. The number of aromatic hydroxyl groups is 1. The van der Waals surface area contributed by atoms with Crippen molar-refractivity contribution in [3.8, 4) is 5.75 Å². The fourth-order valence-corrected chi connectivity index (χ4v) is 5.60. The van der Waals surface area contributed by atoms with E-state index in [4.69, 9.17) is 0 Å². The number of anilines is 1. The third-order valence-electron chi connectivity index (χ3n) is 5.04. The third-order valence-corrected chi connectivity index (χ3v) is 6.87. The molecule has 2 aromatic heterocycles. The first-order valence-corrected chi connectivity index (χ1v) is 10.4. The van der Waals surface area contributed by atoms with E-state index >= 15 is 0 Å². The topological polar surface area (TPSA) is 82.2 Å². The van der Waals surface area contributed by atoms with Crippen molar-refractivity contribution in [1.29, 1.82) is 0 Å². The van der Waals surface area contributed by atoms with Gasteiger partial charge in [0.1, 0.15) is 16.1 Å². The molecule has 1 aliphatic rings. The minimum atomic E-state index is -0.621.